The zero-order valence-electron chi connectivity index (χ0n) is 18.7. The fraction of sp³-hybridized carbons (Fsp3) is 0.600. The van der Waals surface area contributed by atoms with Gasteiger partial charge in [-0.2, -0.15) is 0 Å². The number of hydrogen-bond acceptors (Lipinski definition) is 4. The van der Waals surface area contributed by atoms with Gasteiger partial charge in [-0.1, -0.05) is 23.7 Å². The maximum absolute atomic E-state index is 12.6. The predicted molar refractivity (Wildman–Crippen MR) is 123 cm³/mol. The van der Waals surface area contributed by atoms with E-state index in [4.69, 9.17) is 11.6 Å². The molecule has 2 aliphatic carbocycles. The summed E-state index contributed by atoms with van der Waals surface area (Å²) in [5.74, 6) is 1.90. The van der Waals surface area contributed by atoms with Gasteiger partial charge in [-0.05, 0) is 75.0 Å². The monoisotopic (exact) mass is 457 g/mol. The Bertz CT molecular complexity index is 975. The molecule has 6 nitrogen and oxygen atoms in total. The Morgan fingerprint density at radius 1 is 1.06 bits per heavy atom. The van der Waals surface area contributed by atoms with Crippen LogP contribution in [0, 0.1) is 18.8 Å². The third-order valence-electron chi connectivity index (χ3n) is 7.12. The van der Waals surface area contributed by atoms with Crippen LogP contribution >= 0.6 is 11.6 Å². The van der Waals surface area contributed by atoms with Gasteiger partial charge >= 0.3 is 5.97 Å². The molecule has 1 aromatic heterocycles. The molecule has 0 saturated heterocycles. The number of rotatable bonds is 10. The molecule has 0 atom stereocenters. The highest BCUT2D eigenvalue weighted by Gasteiger charge is 2.30. The number of carboxylic acids is 1. The standard InChI is InChI=1S/C25H32ClN3O3/c1-16-19(3-2-4-22(16)26)15-21(30)12-14-24-28-27-23(29(24)20-10-11-20)13-7-17-5-8-18(9-6-17)25(31)32/h2-4,17-18,20H,5-15H2,1H3,(H,31,32). The van der Waals surface area contributed by atoms with Gasteiger partial charge in [0.1, 0.15) is 17.4 Å². The average molecular weight is 458 g/mol. The van der Waals surface area contributed by atoms with Crippen molar-refractivity contribution in [3.63, 3.8) is 0 Å². The van der Waals surface area contributed by atoms with Gasteiger partial charge in [0.2, 0.25) is 0 Å². The van der Waals surface area contributed by atoms with Crippen LogP contribution in [0.2, 0.25) is 5.02 Å². The second kappa shape index (κ2) is 10.2. The highest BCUT2D eigenvalue weighted by atomic mass is 35.5. The van der Waals surface area contributed by atoms with Gasteiger partial charge in [-0.25, -0.2) is 0 Å². The molecule has 0 bridgehead atoms. The molecular formula is C25H32ClN3O3. The Kier molecular flexibility index (Phi) is 7.29. The maximum atomic E-state index is 12.6. The molecule has 0 aliphatic heterocycles. The molecule has 1 aromatic carbocycles. The Morgan fingerprint density at radius 2 is 1.75 bits per heavy atom. The molecule has 0 unspecified atom stereocenters. The van der Waals surface area contributed by atoms with Crippen LogP contribution < -0.4 is 0 Å². The van der Waals surface area contributed by atoms with E-state index in [0.29, 0.717) is 36.2 Å². The van der Waals surface area contributed by atoms with Crippen LogP contribution in [0.15, 0.2) is 18.2 Å². The molecule has 2 fully saturated rings. The number of carbonyl (C=O) groups is 2. The lowest BCUT2D eigenvalue weighted by atomic mass is 9.80. The zero-order chi connectivity index (χ0) is 22.7. The van der Waals surface area contributed by atoms with E-state index in [0.717, 1.165) is 74.1 Å². The molecular weight excluding hydrogens is 426 g/mol. The molecule has 32 heavy (non-hydrogen) atoms. The van der Waals surface area contributed by atoms with Crippen molar-refractivity contribution in [1.29, 1.82) is 0 Å². The molecule has 172 valence electrons. The Labute approximate surface area is 194 Å². The summed E-state index contributed by atoms with van der Waals surface area (Å²) in [6.45, 7) is 1.95. The van der Waals surface area contributed by atoms with Crippen LogP contribution in [0.5, 0.6) is 0 Å². The van der Waals surface area contributed by atoms with Crippen molar-refractivity contribution in [2.75, 3.05) is 0 Å². The summed E-state index contributed by atoms with van der Waals surface area (Å²) in [5.41, 5.74) is 1.97. The summed E-state index contributed by atoms with van der Waals surface area (Å²) in [7, 11) is 0. The minimum absolute atomic E-state index is 0.166. The van der Waals surface area contributed by atoms with E-state index < -0.39 is 5.97 Å². The van der Waals surface area contributed by atoms with Crippen molar-refractivity contribution in [3.8, 4) is 0 Å². The molecule has 2 aliphatic rings. The average Bonchev–Trinajstić information content (AvgIpc) is 3.54. The number of nitrogens with zero attached hydrogens (tertiary/aromatic N) is 3. The third-order valence-corrected chi connectivity index (χ3v) is 7.53. The van der Waals surface area contributed by atoms with Gasteiger partial charge in [-0.3, -0.25) is 9.59 Å². The van der Waals surface area contributed by atoms with Gasteiger partial charge in [-0.15, -0.1) is 10.2 Å². The highest BCUT2D eigenvalue weighted by molar-refractivity contribution is 6.31. The normalized spacial score (nSPS) is 20.9. The molecule has 0 amide bonds. The fourth-order valence-corrected chi connectivity index (χ4v) is 5.08. The molecule has 1 N–H and O–H groups in total. The SMILES string of the molecule is Cc1c(Cl)cccc1CC(=O)CCc1nnc(CCC2CCC(C(=O)O)CC2)n1C1CC1. The van der Waals surface area contributed by atoms with Crippen molar-refractivity contribution in [2.45, 2.75) is 83.6 Å². The lowest BCUT2D eigenvalue weighted by Gasteiger charge is -2.25. The molecule has 7 heteroatoms. The molecule has 0 spiro atoms. The number of benzene rings is 1. The zero-order valence-corrected chi connectivity index (χ0v) is 19.5. The van der Waals surface area contributed by atoms with E-state index in [9.17, 15) is 14.7 Å². The summed E-state index contributed by atoms with van der Waals surface area (Å²) in [4.78, 5) is 23.8. The number of aromatic nitrogens is 3. The van der Waals surface area contributed by atoms with Gasteiger partial charge in [0.05, 0.1) is 5.92 Å². The smallest absolute Gasteiger partial charge is 0.306 e. The lowest BCUT2D eigenvalue weighted by molar-refractivity contribution is -0.143. The van der Waals surface area contributed by atoms with Crippen LogP contribution in [0.4, 0.5) is 0 Å². The van der Waals surface area contributed by atoms with E-state index in [-0.39, 0.29) is 11.7 Å². The molecule has 4 rings (SSSR count). The molecule has 2 aromatic rings. The van der Waals surface area contributed by atoms with Crippen molar-refractivity contribution in [1.82, 2.24) is 14.8 Å². The van der Waals surface area contributed by atoms with Crippen LogP contribution in [-0.4, -0.2) is 31.6 Å². The Morgan fingerprint density at radius 3 is 2.41 bits per heavy atom. The maximum Gasteiger partial charge on any atom is 0.306 e. The number of hydrogen-bond donors (Lipinski definition) is 1. The van der Waals surface area contributed by atoms with Crippen molar-refractivity contribution in [2.24, 2.45) is 11.8 Å². The first-order chi connectivity index (χ1) is 15.4. The van der Waals surface area contributed by atoms with E-state index in [1.54, 1.807) is 0 Å². The first-order valence-electron chi connectivity index (χ1n) is 11.8. The summed E-state index contributed by atoms with van der Waals surface area (Å²) in [5, 5.41) is 18.8. The van der Waals surface area contributed by atoms with Gasteiger partial charge in [0, 0.05) is 36.7 Å². The van der Waals surface area contributed by atoms with Crippen molar-refractivity contribution >= 4 is 23.4 Å². The second-order valence-electron chi connectivity index (χ2n) is 9.47. The van der Waals surface area contributed by atoms with Crippen LogP contribution in [0.1, 0.15) is 80.2 Å². The van der Waals surface area contributed by atoms with Gasteiger partial charge in [0.25, 0.3) is 0 Å². The third kappa shape index (κ3) is 5.58. The number of ketones is 1. The number of carboxylic acid groups (broad SMARTS) is 1. The van der Waals surface area contributed by atoms with Crippen molar-refractivity contribution in [3.05, 3.63) is 46.0 Å². The lowest BCUT2D eigenvalue weighted by Crippen LogP contribution is -2.22. The second-order valence-corrected chi connectivity index (χ2v) is 9.87. The Balaban J connectivity index is 1.32. The summed E-state index contributed by atoms with van der Waals surface area (Å²) in [6, 6.07) is 6.18. The van der Waals surface area contributed by atoms with E-state index >= 15 is 0 Å². The van der Waals surface area contributed by atoms with Crippen LogP contribution in [0.25, 0.3) is 0 Å². The number of Topliss-reactive ketones (excluding diaryl/α,β-unsaturated/α-hetero) is 1. The fourth-order valence-electron chi connectivity index (χ4n) is 4.88. The largest absolute Gasteiger partial charge is 0.481 e. The van der Waals surface area contributed by atoms with Gasteiger partial charge < -0.3 is 9.67 Å². The highest BCUT2D eigenvalue weighted by Crippen LogP contribution is 2.38. The molecule has 0 radical (unpaired) electrons. The Hall–Kier alpha value is -2.21. The molecule has 2 saturated carbocycles. The summed E-state index contributed by atoms with van der Waals surface area (Å²) < 4.78 is 2.28. The number of halogens is 1. The van der Waals surface area contributed by atoms with E-state index in [1.165, 1.54) is 0 Å². The van der Waals surface area contributed by atoms with Gasteiger partial charge in [0.15, 0.2) is 0 Å². The topological polar surface area (TPSA) is 85.1 Å². The number of aliphatic carboxylic acids is 1. The quantitative estimate of drug-likeness (QED) is 0.533. The van der Waals surface area contributed by atoms with Crippen LogP contribution in [0.3, 0.4) is 0 Å². The minimum atomic E-state index is -0.651. The minimum Gasteiger partial charge on any atom is -0.481 e. The number of aryl methyl sites for hydroxylation is 2. The molecule has 1 heterocycles. The summed E-state index contributed by atoms with van der Waals surface area (Å²) >= 11 is 6.18. The first kappa shape index (κ1) is 23.0. The summed E-state index contributed by atoms with van der Waals surface area (Å²) in [6.07, 6.45) is 9.22. The number of carbonyl (C=O) groups excluding carboxylic acids is 1. The first-order valence-corrected chi connectivity index (χ1v) is 12.2. The van der Waals surface area contributed by atoms with E-state index in [2.05, 4.69) is 14.8 Å². The van der Waals surface area contributed by atoms with Crippen LogP contribution in [-0.2, 0) is 28.9 Å². The van der Waals surface area contributed by atoms with Crippen molar-refractivity contribution < 1.29 is 14.7 Å². The van der Waals surface area contributed by atoms with E-state index in [1.807, 2.05) is 25.1 Å². The predicted octanol–water partition coefficient (Wildman–Crippen LogP) is 5.14.